The van der Waals surface area contributed by atoms with Gasteiger partial charge in [-0.25, -0.2) is 0 Å². The van der Waals surface area contributed by atoms with Crippen LogP contribution in [0.15, 0.2) is 24.3 Å². The van der Waals surface area contributed by atoms with Gasteiger partial charge in [0.2, 0.25) is 0 Å². The summed E-state index contributed by atoms with van der Waals surface area (Å²) in [6.45, 7) is 0. The highest BCUT2D eigenvalue weighted by Crippen LogP contribution is 2.16. The van der Waals surface area contributed by atoms with E-state index in [0.29, 0.717) is 0 Å². The molecule has 0 heterocycles. The van der Waals surface area contributed by atoms with E-state index in [1.165, 1.54) is 24.3 Å². The highest BCUT2D eigenvalue weighted by atomic mass is 32.3. The van der Waals surface area contributed by atoms with Crippen molar-refractivity contribution in [2.24, 2.45) is 0 Å². The van der Waals surface area contributed by atoms with Crippen LogP contribution in [0.2, 0.25) is 0 Å². The maximum Gasteiger partial charge on any atom is 0.446 e. The summed E-state index contributed by atoms with van der Waals surface area (Å²) in [6.07, 6.45) is 0. The highest BCUT2D eigenvalue weighted by molar-refractivity contribution is 7.81. The zero-order valence-corrected chi connectivity index (χ0v) is 6.65. The Kier molecular flexibility index (Phi) is 2.20. The number of rotatable bonds is 2. The topological polar surface area (TPSA) is 83.8 Å². The quantitative estimate of drug-likeness (QED) is 0.666. The van der Waals surface area contributed by atoms with Gasteiger partial charge in [0.05, 0.1) is 0 Å². The Labute approximate surface area is 69.2 Å². The number of phenols is 1. The second-order valence-electron chi connectivity index (χ2n) is 2.00. The zero-order chi connectivity index (χ0) is 9.19. The molecular weight excluding hydrogens is 184 g/mol. The van der Waals surface area contributed by atoms with Crippen molar-refractivity contribution in [2.45, 2.75) is 0 Å². The molecule has 0 aliphatic rings. The largest absolute Gasteiger partial charge is 0.508 e. The fourth-order valence-corrected chi connectivity index (χ4v) is 0.978. The lowest BCUT2D eigenvalue weighted by Crippen LogP contribution is -2.06. The Hall–Kier alpha value is -1.27. The molecule has 0 atom stereocenters. The number of benzene rings is 1. The Morgan fingerprint density at radius 3 is 2.08 bits per heavy atom. The van der Waals surface area contributed by atoms with Crippen molar-refractivity contribution in [1.82, 2.24) is 0 Å². The molecule has 0 aliphatic heterocycles. The summed E-state index contributed by atoms with van der Waals surface area (Å²) >= 11 is 0. The van der Waals surface area contributed by atoms with Crippen molar-refractivity contribution >= 4 is 10.4 Å². The molecule has 1 aromatic rings. The molecule has 66 valence electrons. The van der Waals surface area contributed by atoms with Gasteiger partial charge in [0.25, 0.3) is 0 Å². The predicted octanol–water partition coefficient (Wildman–Crippen LogP) is 0.574. The molecule has 0 saturated heterocycles. The molecule has 2 N–H and O–H groups in total. The van der Waals surface area contributed by atoms with Gasteiger partial charge in [-0.1, -0.05) is 0 Å². The van der Waals surface area contributed by atoms with Gasteiger partial charge in [-0.15, -0.1) is 0 Å². The predicted molar refractivity (Wildman–Crippen MR) is 40.3 cm³/mol. The minimum absolute atomic E-state index is 0.0160. The molecule has 0 aromatic heterocycles. The average Bonchev–Trinajstić information content (AvgIpc) is 1.91. The first-order valence-electron chi connectivity index (χ1n) is 2.93. The Morgan fingerprint density at radius 1 is 1.17 bits per heavy atom. The van der Waals surface area contributed by atoms with Crippen LogP contribution in [0.5, 0.6) is 11.5 Å². The van der Waals surface area contributed by atoms with Gasteiger partial charge in [-0.3, -0.25) is 4.55 Å². The van der Waals surface area contributed by atoms with Gasteiger partial charge >= 0.3 is 10.4 Å². The Bertz CT molecular complexity index is 352. The van der Waals surface area contributed by atoms with Gasteiger partial charge < -0.3 is 9.29 Å². The van der Waals surface area contributed by atoms with Gasteiger partial charge in [0, 0.05) is 0 Å². The monoisotopic (exact) mass is 190 g/mol. The lowest BCUT2D eigenvalue weighted by molar-refractivity contribution is 0.386. The summed E-state index contributed by atoms with van der Waals surface area (Å²) in [5.41, 5.74) is 0. The normalized spacial score (nSPS) is 11.1. The standard InChI is InChI=1S/C6H6O5S/c7-5-1-3-6(4-2-5)11-12(8,9)10/h1-4,7H,(H,8,9,10). The van der Waals surface area contributed by atoms with Crippen LogP contribution in [-0.2, 0) is 10.4 Å². The van der Waals surface area contributed by atoms with E-state index in [1.807, 2.05) is 0 Å². The van der Waals surface area contributed by atoms with Crippen LogP contribution in [-0.4, -0.2) is 18.1 Å². The Morgan fingerprint density at radius 2 is 1.67 bits per heavy atom. The smallest absolute Gasteiger partial charge is 0.446 e. The second kappa shape index (κ2) is 3.00. The van der Waals surface area contributed by atoms with Crippen LogP contribution >= 0.6 is 0 Å². The summed E-state index contributed by atoms with van der Waals surface area (Å²) in [6, 6.07) is 4.90. The third kappa shape index (κ3) is 2.77. The molecule has 0 unspecified atom stereocenters. The fourth-order valence-electron chi connectivity index (χ4n) is 0.623. The van der Waals surface area contributed by atoms with E-state index in [-0.39, 0.29) is 11.5 Å². The van der Waals surface area contributed by atoms with E-state index in [9.17, 15) is 8.42 Å². The van der Waals surface area contributed by atoms with E-state index < -0.39 is 10.4 Å². The number of aromatic hydroxyl groups is 1. The Balaban J connectivity index is 2.85. The van der Waals surface area contributed by atoms with Crippen molar-refractivity contribution < 1.29 is 22.3 Å². The maximum atomic E-state index is 10.2. The van der Waals surface area contributed by atoms with E-state index >= 15 is 0 Å². The second-order valence-corrected chi connectivity index (χ2v) is 3.03. The molecule has 0 fully saturated rings. The first kappa shape index (κ1) is 8.82. The van der Waals surface area contributed by atoms with Crippen LogP contribution in [0.3, 0.4) is 0 Å². The molecule has 0 amide bonds. The van der Waals surface area contributed by atoms with Crippen LogP contribution in [0, 0.1) is 0 Å². The lowest BCUT2D eigenvalue weighted by atomic mass is 10.3. The third-order valence-electron chi connectivity index (χ3n) is 1.04. The highest BCUT2D eigenvalue weighted by Gasteiger charge is 2.05. The molecule has 5 nitrogen and oxygen atoms in total. The fraction of sp³-hybridized carbons (Fsp3) is 0. The maximum absolute atomic E-state index is 10.2. The number of hydrogen-bond donors (Lipinski definition) is 2. The average molecular weight is 190 g/mol. The molecule has 0 spiro atoms. The molecule has 6 heteroatoms. The van der Waals surface area contributed by atoms with Crippen molar-refractivity contribution in [1.29, 1.82) is 0 Å². The van der Waals surface area contributed by atoms with Gasteiger partial charge in [0.15, 0.2) is 0 Å². The van der Waals surface area contributed by atoms with Gasteiger partial charge in [-0.05, 0) is 24.3 Å². The SMILES string of the molecule is O=S(=O)(O)Oc1ccc(O)cc1. The number of hydrogen-bond acceptors (Lipinski definition) is 4. The molecule has 0 saturated carbocycles. The molecule has 1 aromatic carbocycles. The summed E-state index contributed by atoms with van der Waals surface area (Å²) < 4.78 is 32.6. The van der Waals surface area contributed by atoms with Crippen LogP contribution < -0.4 is 4.18 Å². The van der Waals surface area contributed by atoms with E-state index in [1.54, 1.807) is 0 Å². The van der Waals surface area contributed by atoms with Crippen LogP contribution in [0.4, 0.5) is 0 Å². The molecule has 0 aliphatic carbocycles. The summed E-state index contributed by atoms with van der Waals surface area (Å²) in [4.78, 5) is 0. The first-order valence-corrected chi connectivity index (χ1v) is 4.30. The summed E-state index contributed by atoms with van der Waals surface area (Å²) in [7, 11) is -4.47. The third-order valence-corrected chi connectivity index (χ3v) is 1.44. The van der Waals surface area contributed by atoms with Crippen molar-refractivity contribution in [2.75, 3.05) is 0 Å². The van der Waals surface area contributed by atoms with Crippen molar-refractivity contribution in [3.63, 3.8) is 0 Å². The number of phenolic OH excluding ortho intramolecular Hbond substituents is 1. The van der Waals surface area contributed by atoms with E-state index in [4.69, 9.17) is 9.66 Å². The van der Waals surface area contributed by atoms with Crippen LogP contribution in [0.1, 0.15) is 0 Å². The summed E-state index contributed by atoms with van der Waals surface area (Å²) in [5.74, 6) is -0.0759. The first-order chi connectivity index (χ1) is 5.47. The van der Waals surface area contributed by atoms with Crippen molar-refractivity contribution in [3.05, 3.63) is 24.3 Å². The van der Waals surface area contributed by atoms with E-state index in [0.717, 1.165) is 0 Å². The molecule has 12 heavy (non-hydrogen) atoms. The van der Waals surface area contributed by atoms with Gasteiger partial charge in [-0.2, -0.15) is 8.42 Å². The van der Waals surface area contributed by atoms with Crippen molar-refractivity contribution in [3.8, 4) is 11.5 Å². The summed E-state index contributed by atoms with van der Waals surface area (Å²) in [5, 5.41) is 8.79. The zero-order valence-electron chi connectivity index (χ0n) is 5.84. The minimum atomic E-state index is -4.47. The molecular formula is C6H6O5S. The van der Waals surface area contributed by atoms with E-state index in [2.05, 4.69) is 4.18 Å². The van der Waals surface area contributed by atoms with Gasteiger partial charge in [0.1, 0.15) is 11.5 Å². The molecule has 0 radical (unpaired) electrons. The molecule has 1 rings (SSSR count). The lowest BCUT2D eigenvalue weighted by Gasteiger charge is -1.99. The van der Waals surface area contributed by atoms with Crippen LogP contribution in [0.25, 0.3) is 0 Å². The minimum Gasteiger partial charge on any atom is -0.508 e. The molecule has 0 bridgehead atoms.